The van der Waals surface area contributed by atoms with Gasteiger partial charge in [-0.25, -0.2) is 17.9 Å². The number of rotatable bonds is 6. The summed E-state index contributed by atoms with van der Waals surface area (Å²) in [4.78, 5) is 10.6. The summed E-state index contributed by atoms with van der Waals surface area (Å²) in [5.74, 6) is -1.21. The molecule has 7 heteroatoms. The maximum absolute atomic E-state index is 12.0. The smallest absolute Gasteiger partial charge is 0.347 e. The SMILES string of the molecule is O=C(O)c1sccc1S(=O)(=O)NCCC1=CCCC1. The van der Waals surface area contributed by atoms with Crippen LogP contribution in [0.1, 0.15) is 35.4 Å². The molecule has 0 fully saturated rings. The summed E-state index contributed by atoms with van der Waals surface area (Å²) < 4.78 is 26.5. The van der Waals surface area contributed by atoms with Gasteiger partial charge in [-0.2, -0.15) is 0 Å². The van der Waals surface area contributed by atoms with Crippen LogP contribution in [0.25, 0.3) is 0 Å². The largest absolute Gasteiger partial charge is 0.477 e. The van der Waals surface area contributed by atoms with Gasteiger partial charge in [0.15, 0.2) is 0 Å². The number of carboxylic acids is 1. The predicted molar refractivity (Wildman–Crippen MR) is 73.0 cm³/mol. The van der Waals surface area contributed by atoms with E-state index in [1.807, 2.05) is 0 Å². The molecule has 0 saturated carbocycles. The zero-order valence-corrected chi connectivity index (χ0v) is 11.9. The van der Waals surface area contributed by atoms with Crippen molar-refractivity contribution >= 4 is 27.3 Å². The summed E-state index contributed by atoms with van der Waals surface area (Å²) in [6, 6.07) is 1.32. The van der Waals surface area contributed by atoms with Gasteiger partial charge >= 0.3 is 5.97 Å². The maximum atomic E-state index is 12.0. The van der Waals surface area contributed by atoms with Crippen molar-refractivity contribution in [3.05, 3.63) is 28.0 Å². The molecular formula is C12H15NO4S2. The highest BCUT2D eigenvalue weighted by molar-refractivity contribution is 7.89. The third-order valence-electron chi connectivity index (χ3n) is 2.99. The maximum Gasteiger partial charge on any atom is 0.347 e. The molecule has 104 valence electrons. The van der Waals surface area contributed by atoms with Gasteiger partial charge < -0.3 is 5.11 Å². The molecule has 2 N–H and O–H groups in total. The van der Waals surface area contributed by atoms with E-state index in [9.17, 15) is 13.2 Å². The fraction of sp³-hybridized carbons (Fsp3) is 0.417. The minimum absolute atomic E-state index is 0.146. The second-order valence-electron chi connectivity index (χ2n) is 4.32. The monoisotopic (exact) mass is 301 g/mol. The Morgan fingerprint density at radius 1 is 1.47 bits per heavy atom. The average Bonchev–Trinajstić information content (AvgIpc) is 2.99. The zero-order chi connectivity index (χ0) is 13.9. The van der Waals surface area contributed by atoms with E-state index in [4.69, 9.17) is 5.11 Å². The van der Waals surface area contributed by atoms with E-state index in [0.717, 1.165) is 30.6 Å². The van der Waals surface area contributed by atoms with Crippen LogP contribution in [0.15, 0.2) is 28.0 Å². The number of carboxylic acid groups (broad SMARTS) is 1. The van der Waals surface area contributed by atoms with Crippen LogP contribution in [0.5, 0.6) is 0 Å². The standard InChI is InChI=1S/C12H15NO4S2/c14-12(15)11-10(6-8-18-11)19(16,17)13-7-5-9-3-1-2-4-9/h3,6,8,13H,1-2,4-5,7H2,(H,14,15). The van der Waals surface area contributed by atoms with Crippen LogP contribution in [0.3, 0.4) is 0 Å². The Balaban J connectivity index is 2.01. The Labute approximate surface area is 116 Å². The van der Waals surface area contributed by atoms with Crippen molar-refractivity contribution in [1.82, 2.24) is 4.72 Å². The number of aromatic carboxylic acids is 1. The van der Waals surface area contributed by atoms with Crippen molar-refractivity contribution in [3.63, 3.8) is 0 Å². The lowest BCUT2D eigenvalue weighted by Crippen LogP contribution is -2.26. The van der Waals surface area contributed by atoms with Gasteiger partial charge in [-0.1, -0.05) is 11.6 Å². The van der Waals surface area contributed by atoms with Gasteiger partial charge in [-0.05, 0) is 37.1 Å². The molecule has 1 aromatic heterocycles. The zero-order valence-electron chi connectivity index (χ0n) is 10.3. The molecule has 0 aliphatic heterocycles. The second-order valence-corrected chi connectivity index (χ2v) is 6.97. The van der Waals surface area contributed by atoms with E-state index < -0.39 is 16.0 Å². The summed E-state index contributed by atoms with van der Waals surface area (Å²) in [7, 11) is -3.73. The fourth-order valence-electron chi connectivity index (χ4n) is 2.05. The lowest BCUT2D eigenvalue weighted by Gasteiger charge is -2.06. The number of sulfonamides is 1. The second kappa shape index (κ2) is 5.85. The first-order chi connectivity index (χ1) is 9.00. The van der Waals surface area contributed by atoms with Gasteiger partial charge in [0.05, 0.1) is 0 Å². The van der Waals surface area contributed by atoms with Crippen molar-refractivity contribution in [2.24, 2.45) is 0 Å². The predicted octanol–water partition coefficient (Wildman–Crippen LogP) is 2.23. The number of hydrogen-bond acceptors (Lipinski definition) is 4. The molecule has 0 unspecified atom stereocenters. The topological polar surface area (TPSA) is 83.5 Å². The van der Waals surface area contributed by atoms with Crippen LogP contribution in [0.4, 0.5) is 0 Å². The van der Waals surface area contributed by atoms with Crippen LogP contribution in [0, 0.1) is 0 Å². The van der Waals surface area contributed by atoms with E-state index in [0.29, 0.717) is 13.0 Å². The lowest BCUT2D eigenvalue weighted by atomic mass is 10.2. The molecule has 2 rings (SSSR count). The molecule has 1 aliphatic carbocycles. The number of hydrogen-bond donors (Lipinski definition) is 2. The first-order valence-corrected chi connectivity index (χ1v) is 8.35. The Morgan fingerprint density at radius 2 is 2.26 bits per heavy atom. The summed E-state index contributed by atoms with van der Waals surface area (Å²) in [5, 5.41) is 10.4. The minimum Gasteiger partial charge on any atom is -0.477 e. The van der Waals surface area contributed by atoms with Gasteiger partial charge in [0.1, 0.15) is 9.77 Å². The highest BCUT2D eigenvalue weighted by atomic mass is 32.2. The highest BCUT2D eigenvalue weighted by Gasteiger charge is 2.23. The summed E-state index contributed by atoms with van der Waals surface area (Å²) in [6.07, 6.45) is 6.06. The summed E-state index contributed by atoms with van der Waals surface area (Å²) >= 11 is 0.913. The fourth-order valence-corrected chi connectivity index (χ4v) is 4.34. The molecule has 0 saturated heterocycles. The van der Waals surface area contributed by atoms with Crippen molar-refractivity contribution in [2.45, 2.75) is 30.6 Å². The van der Waals surface area contributed by atoms with Crippen molar-refractivity contribution < 1.29 is 18.3 Å². The number of thiophene rings is 1. The Morgan fingerprint density at radius 3 is 2.89 bits per heavy atom. The van der Waals surface area contributed by atoms with Gasteiger partial charge in [-0.15, -0.1) is 11.3 Å². The molecule has 0 atom stereocenters. The van der Waals surface area contributed by atoms with E-state index in [-0.39, 0.29) is 9.77 Å². The minimum atomic E-state index is -3.73. The molecule has 0 spiro atoms. The summed E-state index contributed by atoms with van der Waals surface area (Å²) in [6.45, 7) is 0.309. The average molecular weight is 301 g/mol. The van der Waals surface area contributed by atoms with Crippen LogP contribution in [0.2, 0.25) is 0 Å². The molecule has 0 radical (unpaired) electrons. The van der Waals surface area contributed by atoms with Crippen LogP contribution < -0.4 is 4.72 Å². The molecule has 1 aliphatic rings. The Hall–Kier alpha value is -1.18. The number of carbonyl (C=O) groups is 1. The molecule has 0 bridgehead atoms. The van der Waals surface area contributed by atoms with Crippen molar-refractivity contribution in [2.75, 3.05) is 6.54 Å². The first kappa shape index (κ1) is 14.2. The normalized spacial score (nSPS) is 15.5. The van der Waals surface area contributed by atoms with Gasteiger partial charge in [-0.3, -0.25) is 0 Å². The van der Waals surface area contributed by atoms with Crippen LogP contribution in [-0.2, 0) is 10.0 Å². The molecule has 5 nitrogen and oxygen atoms in total. The van der Waals surface area contributed by atoms with Crippen molar-refractivity contribution in [3.8, 4) is 0 Å². The number of allylic oxidation sites excluding steroid dienone is 1. The molecule has 0 aromatic carbocycles. The molecule has 1 heterocycles. The molecule has 1 aromatic rings. The lowest BCUT2D eigenvalue weighted by molar-refractivity contribution is 0.0698. The third-order valence-corrected chi connectivity index (χ3v) is 5.52. The van der Waals surface area contributed by atoms with Gasteiger partial charge in [0, 0.05) is 6.54 Å². The van der Waals surface area contributed by atoms with E-state index in [1.54, 1.807) is 0 Å². The van der Waals surface area contributed by atoms with E-state index >= 15 is 0 Å². The summed E-state index contributed by atoms with van der Waals surface area (Å²) in [5.41, 5.74) is 1.27. The number of nitrogens with one attached hydrogen (secondary N) is 1. The Bertz CT molecular complexity index is 601. The van der Waals surface area contributed by atoms with Gasteiger partial charge in [0.25, 0.3) is 0 Å². The van der Waals surface area contributed by atoms with Crippen LogP contribution in [-0.4, -0.2) is 26.0 Å². The first-order valence-electron chi connectivity index (χ1n) is 5.99. The van der Waals surface area contributed by atoms with Crippen molar-refractivity contribution in [1.29, 1.82) is 0 Å². The van der Waals surface area contributed by atoms with Crippen LogP contribution >= 0.6 is 11.3 Å². The third kappa shape index (κ3) is 3.43. The van der Waals surface area contributed by atoms with E-state index in [1.165, 1.54) is 17.0 Å². The molecule has 0 amide bonds. The van der Waals surface area contributed by atoms with E-state index in [2.05, 4.69) is 10.8 Å². The molecule has 19 heavy (non-hydrogen) atoms. The quantitative estimate of drug-likeness (QED) is 0.789. The van der Waals surface area contributed by atoms with Gasteiger partial charge in [0.2, 0.25) is 10.0 Å². The molecular weight excluding hydrogens is 286 g/mol. The Kier molecular flexibility index (Phi) is 4.38. The highest BCUT2D eigenvalue weighted by Crippen LogP contribution is 2.23.